The maximum atomic E-state index is 6.24. The maximum Gasteiger partial charge on any atom is 0.354 e. The molecule has 22 heavy (non-hydrogen) atoms. The molecule has 2 fully saturated rings. The Bertz CT molecular complexity index is 307. The standard InChI is InChI=1S/C15H34N2O3Si2/c1-18-22(19-2)15(7-3-4-13-20-15)8-5-6-14(21)17-11-9-16-10-12-17/h14,16,22H,3-13H2,1-2,21H3. The SMILES string of the molecule is CO[SiH](OC)C1(CCCC([SiH3])N2CCNCC2)CCCCO1. The van der Waals surface area contributed by atoms with E-state index in [9.17, 15) is 0 Å². The van der Waals surface area contributed by atoms with Crippen LogP contribution in [0.25, 0.3) is 0 Å². The maximum absolute atomic E-state index is 6.24. The molecule has 2 atom stereocenters. The first-order valence-electron chi connectivity index (χ1n) is 8.86. The normalized spacial score (nSPS) is 29.0. The van der Waals surface area contributed by atoms with E-state index in [1.807, 2.05) is 0 Å². The molecule has 1 N–H and O–H groups in total. The van der Waals surface area contributed by atoms with Gasteiger partial charge in [-0.2, -0.15) is 0 Å². The molecule has 2 unspecified atom stereocenters. The van der Waals surface area contributed by atoms with E-state index >= 15 is 0 Å². The van der Waals surface area contributed by atoms with E-state index in [0.29, 0.717) is 0 Å². The summed E-state index contributed by atoms with van der Waals surface area (Å²) in [6.07, 6.45) is 7.18. The summed E-state index contributed by atoms with van der Waals surface area (Å²) in [5, 5.41) is 3.35. The topological polar surface area (TPSA) is 43.0 Å². The van der Waals surface area contributed by atoms with E-state index in [2.05, 4.69) is 10.2 Å². The zero-order valence-corrected chi connectivity index (χ0v) is 17.8. The summed E-state index contributed by atoms with van der Waals surface area (Å²) in [7, 11) is 3.09. The van der Waals surface area contributed by atoms with Gasteiger partial charge in [-0.15, -0.1) is 0 Å². The predicted octanol–water partition coefficient (Wildman–Crippen LogP) is -0.255. The molecule has 0 saturated carbocycles. The quantitative estimate of drug-likeness (QED) is 0.614. The van der Waals surface area contributed by atoms with Crippen LogP contribution in [0.5, 0.6) is 0 Å². The van der Waals surface area contributed by atoms with E-state index in [4.69, 9.17) is 13.6 Å². The Hall–Kier alpha value is 0.234. The van der Waals surface area contributed by atoms with Crippen LogP contribution >= 0.6 is 0 Å². The summed E-state index contributed by atoms with van der Waals surface area (Å²) in [6.45, 7) is 5.59. The van der Waals surface area contributed by atoms with Gasteiger partial charge >= 0.3 is 9.28 Å². The lowest BCUT2D eigenvalue weighted by Crippen LogP contribution is -2.53. The van der Waals surface area contributed by atoms with Gasteiger partial charge in [-0.3, -0.25) is 0 Å². The molecule has 130 valence electrons. The van der Waals surface area contributed by atoms with Crippen molar-refractivity contribution < 1.29 is 13.6 Å². The predicted molar refractivity (Wildman–Crippen MR) is 95.7 cm³/mol. The summed E-state index contributed by atoms with van der Waals surface area (Å²) in [4.78, 5) is 2.67. The minimum Gasteiger partial charge on any atom is -0.398 e. The van der Waals surface area contributed by atoms with E-state index < -0.39 is 9.28 Å². The first-order valence-corrected chi connectivity index (χ1v) is 11.5. The molecular weight excluding hydrogens is 312 g/mol. The van der Waals surface area contributed by atoms with Crippen LogP contribution < -0.4 is 5.32 Å². The minimum atomic E-state index is -1.74. The third-order valence-electron chi connectivity index (χ3n) is 5.24. The van der Waals surface area contributed by atoms with E-state index in [-0.39, 0.29) is 5.22 Å². The average molecular weight is 347 g/mol. The Balaban J connectivity index is 1.82. The Labute approximate surface area is 140 Å². The van der Waals surface area contributed by atoms with Gasteiger partial charge in [-0.25, -0.2) is 0 Å². The van der Waals surface area contributed by atoms with Gasteiger partial charge in [0, 0.05) is 57.2 Å². The van der Waals surface area contributed by atoms with Crippen molar-refractivity contribution in [2.45, 2.75) is 49.4 Å². The molecule has 0 aliphatic carbocycles. The van der Waals surface area contributed by atoms with Gasteiger partial charge in [0.25, 0.3) is 0 Å². The molecule has 0 bridgehead atoms. The van der Waals surface area contributed by atoms with Crippen molar-refractivity contribution in [3.8, 4) is 0 Å². The lowest BCUT2D eigenvalue weighted by Gasteiger charge is -2.41. The summed E-state index contributed by atoms with van der Waals surface area (Å²) in [6, 6.07) is 0. The van der Waals surface area contributed by atoms with Crippen LogP contribution in [-0.4, -0.2) is 82.3 Å². The number of nitrogens with one attached hydrogen (secondary N) is 1. The van der Waals surface area contributed by atoms with Crippen LogP contribution in [0.1, 0.15) is 38.5 Å². The van der Waals surface area contributed by atoms with Crippen molar-refractivity contribution in [3.05, 3.63) is 0 Å². The van der Waals surface area contributed by atoms with E-state index in [0.717, 1.165) is 38.2 Å². The molecule has 2 heterocycles. The van der Waals surface area contributed by atoms with Crippen LogP contribution in [0.2, 0.25) is 0 Å². The third kappa shape index (κ3) is 4.86. The van der Waals surface area contributed by atoms with Gasteiger partial charge in [0.15, 0.2) is 0 Å². The Morgan fingerprint density at radius 1 is 1.27 bits per heavy atom. The first-order chi connectivity index (χ1) is 10.7. The molecule has 2 saturated heterocycles. The van der Waals surface area contributed by atoms with Crippen molar-refractivity contribution >= 4 is 19.5 Å². The number of hydrogen-bond acceptors (Lipinski definition) is 5. The summed E-state index contributed by atoms with van der Waals surface area (Å²) in [5.74, 6) is 0. The number of hydrogen-bond donors (Lipinski definition) is 1. The Morgan fingerprint density at radius 2 is 2.00 bits per heavy atom. The zero-order valence-electron chi connectivity index (χ0n) is 14.6. The van der Waals surface area contributed by atoms with Crippen molar-refractivity contribution in [1.82, 2.24) is 10.2 Å². The smallest absolute Gasteiger partial charge is 0.354 e. The Morgan fingerprint density at radius 3 is 2.59 bits per heavy atom. The molecule has 5 nitrogen and oxygen atoms in total. The van der Waals surface area contributed by atoms with Gasteiger partial charge in [0.05, 0.1) is 0 Å². The van der Waals surface area contributed by atoms with Crippen LogP contribution in [0, 0.1) is 0 Å². The first kappa shape index (κ1) is 18.6. The van der Waals surface area contributed by atoms with Crippen molar-refractivity contribution in [1.29, 1.82) is 0 Å². The van der Waals surface area contributed by atoms with E-state index in [1.165, 1.54) is 49.0 Å². The van der Waals surface area contributed by atoms with Gasteiger partial charge in [-0.05, 0) is 44.2 Å². The lowest BCUT2D eigenvalue weighted by atomic mass is 10.0. The highest BCUT2D eigenvalue weighted by atomic mass is 28.3. The molecular formula is C15H34N2O3Si2. The second kappa shape index (κ2) is 9.51. The van der Waals surface area contributed by atoms with Gasteiger partial charge in [0.1, 0.15) is 5.22 Å². The number of nitrogens with zero attached hydrogens (tertiary/aromatic N) is 1. The summed E-state index contributed by atoms with van der Waals surface area (Å²) < 4.78 is 17.6. The molecule has 0 amide bonds. The fourth-order valence-corrected chi connectivity index (χ4v) is 7.01. The fourth-order valence-electron chi connectivity index (χ4n) is 3.90. The van der Waals surface area contributed by atoms with Crippen LogP contribution in [0.4, 0.5) is 0 Å². The minimum absolute atomic E-state index is 0.0908. The molecule has 0 aromatic heterocycles. The van der Waals surface area contributed by atoms with Gasteiger partial charge in [-0.1, -0.05) is 0 Å². The largest absolute Gasteiger partial charge is 0.398 e. The fraction of sp³-hybridized carbons (Fsp3) is 1.00. The second-order valence-electron chi connectivity index (χ2n) is 6.70. The molecule has 0 spiro atoms. The molecule has 2 aliphatic rings. The second-order valence-corrected chi connectivity index (χ2v) is 10.7. The highest BCUT2D eigenvalue weighted by molar-refractivity contribution is 6.48. The molecule has 0 aromatic rings. The van der Waals surface area contributed by atoms with Crippen LogP contribution in [0.15, 0.2) is 0 Å². The van der Waals surface area contributed by atoms with Crippen LogP contribution in [0.3, 0.4) is 0 Å². The van der Waals surface area contributed by atoms with Gasteiger partial charge < -0.3 is 23.8 Å². The Kier molecular flexibility index (Phi) is 8.03. The van der Waals surface area contributed by atoms with Gasteiger partial charge in [0.2, 0.25) is 0 Å². The zero-order chi connectivity index (χ0) is 15.8. The molecule has 7 heteroatoms. The highest BCUT2D eigenvalue weighted by Crippen LogP contribution is 2.33. The molecule has 0 radical (unpaired) electrons. The van der Waals surface area contributed by atoms with E-state index in [1.54, 1.807) is 14.2 Å². The molecule has 0 aromatic carbocycles. The number of piperazine rings is 1. The molecule has 2 aliphatic heterocycles. The van der Waals surface area contributed by atoms with Crippen molar-refractivity contribution in [2.75, 3.05) is 47.0 Å². The van der Waals surface area contributed by atoms with Crippen molar-refractivity contribution in [3.63, 3.8) is 0 Å². The summed E-state index contributed by atoms with van der Waals surface area (Å²) >= 11 is 0. The number of rotatable bonds is 8. The number of ether oxygens (including phenoxy) is 1. The monoisotopic (exact) mass is 346 g/mol. The van der Waals surface area contributed by atoms with Crippen LogP contribution in [-0.2, 0) is 13.6 Å². The highest BCUT2D eigenvalue weighted by Gasteiger charge is 2.44. The molecule has 2 rings (SSSR count). The lowest BCUT2D eigenvalue weighted by molar-refractivity contribution is -0.0533. The summed E-state index contributed by atoms with van der Waals surface area (Å²) in [5.41, 5.74) is 0.799. The average Bonchev–Trinajstić information content (AvgIpc) is 2.57. The van der Waals surface area contributed by atoms with Crippen molar-refractivity contribution in [2.24, 2.45) is 0 Å². The third-order valence-corrected chi connectivity index (χ3v) is 9.01.